The highest BCUT2D eigenvalue weighted by Gasteiger charge is 2.19. The van der Waals surface area contributed by atoms with Crippen molar-refractivity contribution < 1.29 is 24.2 Å². The number of anilines is 1. The van der Waals surface area contributed by atoms with Crippen LogP contribution in [0, 0.1) is 20.2 Å². The quantitative estimate of drug-likeness (QED) is 0.215. The molecule has 0 fully saturated rings. The first kappa shape index (κ1) is 24.1. The summed E-state index contributed by atoms with van der Waals surface area (Å²) >= 11 is 0. The molecule has 2 aromatic rings. The summed E-state index contributed by atoms with van der Waals surface area (Å²) in [4.78, 5) is 45.4. The average Bonchev–Trinajstić information content (AvgIpc) is 2.79. The minimum atomic E-state index is -0.767. The molecule has 0 saturated carbocycles. The molecule has 0 bridgehead atoms. The number of azo groups is 1. The van der Waals surface area contributed by atoms with Crippen LogP contribution in [0.1, 0.15) is 20.3 Å². The fraction of sp³-hybridized carbons (Fsp3) is 0.300. The van der Waals surface area contributed by atoms with Crippen molar-refractivity contribution in [1.82, 2.24) is 0 Å². The van der Waals surface area contributed by atoms with E-state index in [9.17, 15) is 29.8 Å². The van der Waals surface area contributed by atoms with Crippen LogP contribution in [0.2, 0.25) is 0 Å². The molecule has 0 saturated heterocycles. The van der Waals surface area contributed by atoms with Crippen molar-refractivity contribution in [2.45, 2.75) is 20.3 Å². The Labute approximate surface area is 182 Å². The molecule has 0 atom stereocenters. The highest BCUT2D eigenvalue weighted by molar-refractivity contribution is 5.83. The third kappa shape index (κ3) is 6.65. The summed E-state index contributed by atoms with van der Waals surface area (Å²) in [6.07, 6.45) is 0.295. The Morgan fingerprint density at radius 2 is 1.69 bits per heavy atom. The van der Waals surface area contributed by atoms with Gasteiger partial charge in [0.1, 0.15) is 13.2 Å². The van der Waals surface area contributed by atoms with Crippen LogP contribution in [0.3, 0.4) is 0 Å². The number of nitro benzene ring substituents is 2. The van der Waals surface area contributed by atoms with Gasteiger partial charge in [-0.05, 0) is 37.3 Å². The fourth-order valence-electron chi connectivity index (χ4n) is 2.55. The number of hydrogen-bond donors (Lipinski definition) is 0. The summed E-state index contributed by atoms with van der Waals surface area (Å²) in [5, 5.41) is 29.7. The van der Waals surface area contributed by atoms with Gasteiger partial charge in [0.15, 0.2) is 11.5 Å². The molecule has 0 heterocycles. The second-order valence-corrected chi connectivity index (χ2v) is 6.47. The molecule has 0 aliphatic heterocycles. The molecular weight excluding hydrogens is 422 g/mol. The molecular formula is C20H21N5O7. The first-order valence-electron chi connectivity index (χ1n) is 9.62. The van der Waals surface area contributed by atoms with Gasteiger partial charge in [-0.1, -0.05) is 6.92 Å². The summed E-state index contributed by atoms with van der Waals surface area (Å²) < 4.78 is 4.95. The topological polar surface area (TPSA) is 158 Å². The monoisotopic (exact) mass is 443 g/mol. The maximum absolute atomic E-state index is 11.9. The second kappa shape index (κ2) is 11.2. The lowest BCUT2D eigenvalue weighted by Gasteiger charge is -2.21. The zero-order valence-electron chi connectivity index (χ0n) is 17.5. The standard InChI is InChI=1S/C20H21N5O7/c1-3-17(26)13-32-20(27)12-23(4-2)15-7-5-14(6-8-15)21-22-18-10-9-16(24(28)29)11-19(18)25(30)31/h5-11H,3-4,12-13H2,1-2H3/b22-21+. The van der Waals surface area contributed by atoms with E-state index in [2.05, 4.69) is 10.2 Å². The van der Waals surface area contributed by atoms with Crippen LogP contribution in [0.5, 0.6) is 0 Å². The van der Waals surface area contributed by atoms with Crippen molar-refractivity contribution >= 4 is 40.2 Å². The van der Waals surface area contributed by atoms with E-state index in [1.165, 1.54) is 0 Å². The Morgan fingerprint density at radius 1 is 1.00 bits per heavy atom. The van der Waals surface area contributed by atoms with Crippen LogP contribution >= 0.6 is 0 Å². The lowest BCUT2D eigenvalue weighted by atomic mass is 10.2. The number of carbonyl (C=O) groups is 2. The van der Waals surface area contributed by atoms with Gasteiger partial charge in [-0.25, -0.2) is 0 Å². The van der Waals surface area contributed by atoms with Crippen molar-refractivity contribution in [2.24, 2.45) is 10.2 Å². The number of likely N-dealkylation sites (N-methyl/N-ethyl adjacent to an activating group) is 1. The predicted molar refractivity (Wildman–Crippen MR) is 115 cm³/mol. The van der Waals surface area contributed by atoms with Crippen molar-refractivity contribution in [1.29, 1.82) is 0 Å². The molecule has 12 heteroatoms. The van der Waals surface area contributed by atoms with E-state index in [0.717, 1.165) is 18.2 Å². The molecule has 0 aromatic heterocycles. The van der Waals surface area contributed by atoms with E-state index in [4.69, 9.17) is 4.74 Å². The van der Waals surface area contributed by atoms with Gasteiger partial charge in [-0.15, -0.1) is 5.11 Å². The zero-order valence-corrected chi connectivity index (χ0v) is 17.5. The van der Waals surface area contributed by atoms with Gasteiger partial charge in [0.05, 0.1) is 21.6 Å². The molecule has 168 valence electrons. The number of benzene rings is 2. The van der Waals surface area contributed by atoms with Crippen molar-refractivity contribution in [3.63, 3.8) is 0 Å². The van der Waals surface area contributed by atoms with Crippen LogP contribution in [-0.2, 0) is 14.3 Å². The van der Waals surface area contributed by atoms with E-state index in [-0.39, 0.29) is 24.6 Å². The molecule has 0 aliphatic rings. The van der Waals surface area contributed by atoms with Gasteiger partial charge in [0.25, 0.3) is 5.69 Å². The maximum Gasteiger partial charge on any atom is 0.325 e. The molecule has 2 rings (SSSR count). The summed E-state index contributed by atoms with van der Waals surface area (Å²) in [6, 6.07) is 9.66. The Hall–Kier alpha value is -4.22. The highest BCUT2D eigenvalue weighted by atomic mass is 16.6. The molecule has 0 N–H and O–H groups in total. The lowest BCUT2D eigenvalue weighted by molar-refractivity contribution is -0.393. The number of hydrogen-bond acceptors (Lipinski definition) is 10. The Bertz CT molecular complexity index is 1040. The smallest absolute Gasteiger partial charge is 0.325 e. The number of nitrogens with zero attached hydrogens (tertiary/aromatic N) is 5. The molecule has 0 spiro atoms. The first-order valence-corrected chi connectivity index (χ1v) is 9.62. The number of rotatable bonds is 11. The number of carbonyl (C=O) groups excluding carboxylic acids is 2. The number of nitro groups is 2. The number of Topliss-reactive ketones (excluding diaryl/α,β-unsaturated/α-hetero) is 1. The third-order valence-electron chi connectivity index (χ3n) is 4.34. The Balaban J connectivity index is 2.11. The van der Waals surface area contributed by atoms with Crippen LogP contribution in [0.25, 0.3) is 0 Å². The van der Waals surface area contributed by atoms with E-state index >= 15 is 0 Å². The minimum absolute atomic E-state index is 0.0383. The molecule has 12 nitrogen and oxygen atoms in total. The van der Waals surface area contributed by atoms with Crippen LogP contribution in [-0.4, -0.2) is 41.3 Å². The van der Waals surface area contributed by atoms with Crippen molar-refractivity contribution in [3.8, 4) is 0 Å². The molecule has 0 unspecified atom stereocenters. The van der Waals surface area contributed by atoms with E-state index in [1.807, 2.05) is 6.92 Å². The van der Waals surface area contributed by atoms with Crippen LogP contribution in [0.4, 0.5) is 28.4 Å². The number of ketones is 1. The normalized spacial score (nSPS) is 10.7. The van der Waals surface area contributed by atoms with Gasteiger partial charge in [-0.2, -0.15) is 5.11 Å². The predicted octanol–water partition coefficient (Wildman–Crippen LogP) is 4.27. The molecule has 0 radical (unpaired) electrons. The van der Waals surface area contributed by atoms with Gasteiger partial charge in [0, 0.05) is 24.7 Å². The summed E-state index contributed by atoms with van der Waals surface area (Å²) in [7, 11) is 0. The lowest BCUT2D eigenvalue weighted by Crippen LogP contribution is -2.31. The largest absolute Gasteiger partial charge is 0.456 e. The van der Waals surface area contributed by atoms with Gasteiger partial charge in [-0.3, -0.25) is 29.8 Å². The van der Waals surface area contributed by atoms with Crippen molar-refractivity contribution in [2.75, 3.05) is 24.6 Å². The number of esters is 1. The van der Waals surface area contributed by atoms with E-state index in [1.54, 1.807) is 36.1 Å². The summed E-state index contributed by atoms with van der Waals surface area (Å²) in [6.45, 7) is 3.76. The SMILES string of the molecule is CCC(=O)COC(=O)CN(CC)c1ccc(/N=N/c2ccc([N+](=O)[O-])cc2[N+](=O)[O-])cc1. The third-order valence-corrected chi connectivity index (χ3v) is 4.34. The molecule has 2 aromatic carbocycles. The fourth-order valence-corrected chi connectivity index (χ4v) is 2.55. The summed E-state index contributed by atoms with van der Waals surface area (Å²) in [5.74, 6) is -0.688. The van der Waals surface area contributed by atoms with Gasteiger partial charge in [0.2, 0.25) is 0 Å². The highest BCUT2D eigenvalue weighted by Crippen LogP contribution is 2.32. The summed E-state index contributed by atoms with van der Waals surface area (Å²) in [5.41, 5.74) is 0.0124. The van der Waals surface area contributed by atoms with Crippen molar-refractivity contribution in [3.05, 3.63) is 62.7 Å². The maximum atomic E-state index is 11.9. The number of ether oxygens (including phenoxy) is 1. The Kier molecular flexibility index (Phi) is 8.45. The molecule has 32 heavy (non-hydrogen) atoms. The average molecular weight is 443 g/mol. The molecule has 0 amide bonds. The van der Waals surface area contributed by atoms with E-state index in [0.29, 0.717) is 24.3 Å². The number of non-ortho nitro benzene ring substituents is 1. The molecule has 0 aliphatic carbocycles. The van der Waals surface area contributed by atoms with Gasteiger partial charge >= 0.3 is 11.7 Å². The van der Waals surface area contributed by atoms with E-state index < -0.39 is 27.2 Å². The second-order valence-electron chi connectivity index (χ2n) is 6.47. The van der Waals surface area contributed by atoms with Crippen LogP contribution < -0.4 is 4.90 Å². The minimum Gasteiger partial charge on any atom is -0.456 e. The van der Waals surface area contributed by atoms with Crippen LogP contribution in [0.15, 0.2) is 52.7 Å². The Morgan fingerprint density at radius 3 is 2.25 bits per heavy atom. The van der Waals surface area contributed by atoms with Gasteiger partial charge < -0.3 is 9.64 Å². The first-order chi connectivity index (χ1) is 15.2. The zero-order chi connectivity index (χ0) is 23.7.